The summed E-state index contributed by atoms with van der Waals surface area (Å²) in [5.41, 5.74) is 1.89. The third kappa shape index (κ3) is 1.95. The van der Waals surface area contributed by atoms with E-state index >= 15 is 0 Å². The Bertz CT molecular complexity index is 405. The Labute approximate surface area is 94.9 Å². The topological polar surface area (TPSA) is 27.0 Å². The maximum absolute atomic E-state index is 9.19. The first kappa shape index (κ1) is 10.4. The molecule has 78 valence electrons. The van der Waals surface area contributed by atoms with Crippen LogP contribution in [0.2, 0.25) is 0 Å². The van der Waals surface area contributed by atoms with Crippen molar-refractivity contribution in [1.82, 2.24) is 0 Å². The molecule has 0 aromatic heterocycles. The van der Waals surface area contributed by atoms with Crippen molar-refractivity contribution < 1.29 is 0 Å². The van der Waals surface area contributed by atoms with Crippen LogP contribution in [0.5, 0.6) is 0 Å². The SMILES string of the molecule is CSc1cccc(N(C)C2CC2)c1C#N. The van der Waals surface area contributed by atoms with E-state index in [1.54, 1.807) is 11.8 Å². The van der Waals surface area contributed by atoms with Gasteiger partial charge in [0.2, 0.25) is 0 Å². The molecular weight excluding hydrogens is 204 g/mol. The normalized spacial score (nSPS) is 14.7. The van der Waals surface area contributed by atoms with E-state index in [1.807, 2.05) is 24.5 Å². The van der Waals surface area contributed by atoms with Gasteiger partial charge in [0, 0.05) is 18.0 Å². The smallest absolute Gasteiger partial charge is 0.103 e. The van der Waals surface area contributed by atoms with Crippen molar-refractivity contribution in [1.29, 1.82) is 5.26 Å². The summed E-state index contributed by atoms with van der Waals surface area (Å²) < 4.78 is 0. The van der Waals surface area contributed by atoms with Gasteiger partial charge >= 0.3 is 0 Å². The number of anilines is 1. The van der Waals surface area contributed by atoms with E-state index in [0.29, 0.717) is 6.04 Å². The summed E-state index contributed by atoms with van der Waals surface area (Å²) in [4.78, 5) is 3.31. The monoisotopic (exact) mass is 218 g/mol. The fraction of sp³-hybridized carbons (Fsp3) is 0.417. The Morgan fingerprint density at radius 3 is 2.73 bits per heavy atom. The number of rotatable bonds is 3. The fourth-order valence-electron chi connectivity index (χ4n) is 1.75. The van der Waals surface area contributed by atoms with Gasteiger partial charge in [-0.15, -0.1) is 11.8 Å². The maximum Gasteiger partial charge on any atom is 0.103 e. The highest BCUT2D eigenvalue weighted by atomic mass is 32.2. The molecule has 1 aromatic carbocycles. The number of thioether (sulfide) groups is 1. The summed E-state index contributed by atoms with van der Waals surface area (Å²) in [6.07, 6.45) is 4.52. The zero-order chi connectivity index (χ0) is 10.8. The molecule has 1 aliphatic rings. The fourth-order valence-corrected chi connectivity index (χ4v) is 2.32. The average molecular weight is 218 g/mol. The Balaban J connectivity index is 2.41. The van der Waals surface area contributed by atoms with E-state index in [1.165, 1.54) is 12.8 Å². The second-order valence-corrected chi connectivity index (χ2v) is 4.66. The molecule has 0 aliphatic heterocycles. The van der Waals surface area contributed by atoms with Gasteiger partial charge in [-0.25, -0.2) is 0 Å². The zero-order valence-corrected chi connectivity index (χ0v) is 9.84. The van der Waals surface area contributed by atoms with E-state index in [4.69, 9.17) is 0 Å². The predicted octanol–water partition coefficient (Wildman–Crippen LogP) is 2.88. The van der Waals surface area contributed by atoms with Crippen LogP contribution >= 0.6 is 11.8 Å². The highest BCUT2D eigenvalue weighted by Crippen LogP contribution is 2.34. The van der Waals surface area contributed by atoms with Crippen LogP contribution < -0.4 is 4.90 Å². The number of hydrogen-bond donors (Lipinski definition) is 0. The second-order valence-electron chi connectivity index (χ2n) is 3.81. The summed E-state index contributed by atoms with van der Waals surface area (Å²) in [6, 6.07) is 9.04. The van der Waals surface area contributed by atoms with Gasteiger partial charge in [0.15, 0.2) is 0 Å². The van der Waals surface area contributed by atoms with Gasteiger partial charge in [-0.3, -0.25) is 0 Å². The summed E-state index contributed by atoms with van der Waals surface area (Å²) in [6.45, 7) is 0. The Hall–Kier alpha value is -1.14. The minimum absolute atomic E-state index is 0.647. The molecule has 1 fully saturated rings. The molecular formula is C12H14N2S. The highest BCUT2D eigenvalue weighted by Gasteiger charge is 2.28. The van der Waals surface area contributed by atoms with Crippen molar-refractivity contribution in [2.24, 2.45) is 0 Å². The van der Waals surface area contributed by atoms with Gasteiger partial charge in [0.1, 0.15) is 6.07 Å². The van der Waals surface area contributed by atoms with Crippen LogP contribution in [0.15, 0.2) is 23.1 Å². The van der Waals surface area contributed by atoms with E-state index in [0.717, 1.165) is 16.1 Å². The third-order valence-corrected chi connectivity index (χ3v) is 3.59. The molecule has 0 saturated heterocycles. The molecule has 1 saturated carbocycles. The molecule has 0 spiro atoms. The van der Waals surface area contributed by atoms with Crippen molar-refractivity contribution in [3.63, 3.8) is 0 Å². The minimum atomic E-state index is 0.647. The van der Waals surface area contributed by atoms with Crippen molar-refractivity contribution in [2.45, 2.75) is 23.8 Å². The molecule has 0 atom stereocenters. The zero-order valence-electron chi connectivity index (χ0n) is 9.03. The van der Waals surface area contributed by atoms with Crippen LogP contribution in [0, 0.1) is 11.3 Å². The summed E-state index contributed by atoms with van der Waals surface area (Å²) in [5, 5.41) is 9.19. The molecule has 0 amide bonds. The first-order chi connectivity index (χ1) is 7.27. The molecule has 3 heteroatoms. The van der Waals surface area contributed by atoms with Gasteiger partial charge in [-0.2, -0.15) is 5.26 Å². The number of benzene rings is 1. The lowest BCUT2D eigenvalue weighted by atomic mass is 10.2. The molecule has 0 unspecified atom stereocenters. The van der Waals surface area contributed by atoms with Gasteiger partial charge in [-0.05, 0) is 31.2 Å². The molecule has 0 bridgehead atoms. The highest BCUT2D eigenvalue weighted by molar-refractivity contribution is 7.98. The van der Waals surface area contributed by atoms with Crippen LogP contribution in [0.25, 0.3) is 0 Å². The minimum Gasteiger partial charge on any atom is -0.371 e. The van der Waals surface area contributed by atoms with E-state index in [9.17, 15) is 5.26 Å². The second kappa shape index (κ2) is 4.16. The predicted molar refractivity (Wildman–Crippen MR) is 64.4 cm³/mol. The summed E-state index contributed by atoms with van der Waals surface area (Å²) in [7, 11) is 2.08. The summed E-state index contributed by atoms with van der Waals surface area (Å²) in [5.74, 6) is 0. The van der Waals surface area contributed by atoms with Crippen molar-refractivity contribution in [3.8, 4) is 6.07 Å². The van der Waals surface area contributed by atoms with Gasteiger partial charge < -0.3 is 4.90 Å². The molecule has 2 rings (SSSR count). The first-order valence-electron chi connectivity index (χ1n) is 5.08. The van der Waals surface area contributed by atoms with Crippen molar-refractivity contribution in [3.05, 3.63) is 23.8 Å². The van der Waals surface area contributed by atoms with E-state index in [-0.39, 0.29) is 0 Å². The van der Waals surface area contributed by atoms with Crippen LogP contribution in [0.1, 0.15) is 18.4 Å². The first-order valence-corrected chi connectivity index (χ1v) is 6.30. The lowest BCUT2D eigenvalue weighted by Crippen LogP contribution is -2.20. The van der Waals surface area contributed by atoms with Gasteiger partial charge in [-0.1, -0.05) is 6.07 Å². The Morgan fingerprint density at radius 2 is 2.20 bits per heavy atom. The van der Waals surface area contributed by atoms with Crippen LogP contribution in [-0.4, -0.2) is 19.3 Å². The lowest BCUT2D eigenvalue weighted by Gasteiger charge is -2.20. The molecule has 0 radical (unpaired) electrons. The Kier molecular flexibility index (Phi) is 2.88. The van der Waals surface area contributed by atoms with E-state index in [2.05, 4.69) is 18.0 Å². The molecule has 2 nitrogen and oxygen atoms in total. The molecule has 15 heavy (non-hydrogen) atoms. The van der Waals surface area contributed by atoms with Crippen molar-refractivity contribution in [2.75, 3.05) is 18.2 Å². The quantitative estimate of drug-likeness (QED) is 0.730. The van der Waals surface area contributed by atoms with Crippen molar-refractivity contribution >= 4 is 17.4 Å². The number of hydrogen-bond acceptors (Lipinski definition) is 3. The molecule has 0 N–H and O–H groups in total. The number of nitrogens with zero attached hydrogens (tertiary/aromatic N) is 2. The molecule has 1 aromatic rings. The van der Waals surface area contributed by atoms with E-state index < -0.39 is 0 Å². The number of nitriles is 1. The molecule has 0 heterocycles. The van der Waals surface area contributed by atoms with Crippen LogP contribution in [-0.2, 0) is 0 Å². The van der Waals surface area contributed by atoms with Crippen LogP contribution in [0.3, 0.4) is 0 Å². The van der Waals surface area contributed by atoms with Gasteiger partial charge in [0.05, 0.1) is 11.3 Å². The molecule has 1 aliphatic carbocycles. The van der Waals surface area contributed by atoms with Gasteiger partial charge in [0.25, 0.3) is 0 Å². The standard InChI is InChI=1S/C12H14N2S/c1-14(9-6-7-9)11-4-3-5-12(15-2)10(11)8-13/h3-5,9H,6-7H2,1-2H3. The maximum atomic E-state index is 9.19. The largest absolute Gasteiger partial charge is 0.371 e. The van der Waals surface area contributed by atoms with Crippen LogP contribution in [0.4, 0.5) is 5.69 Å². The lowest BCUT2D eigenvalue weighted by molar-refractivity contribution is 0.911. The summed E-state index contributed by atoms with van der Waals surface area (Å²) >= 11 is 1.63. The third-order valence-electron chi connectivity index (χ3n) is 2.81. The Morgan fingerprint density at radius 1 is 1.47 bits per heavy atom. The average Bonchev–Trinajstić information content (AvgIpc) is 3.10.